The van der Waals surface area contributed by atoms with Crippen molar-refractivity contribution < 1.29 is 22.7 Å². The number of sulfone groups is 1. The summed E-state index contributed by atoms with van der Waals surface area (Å²) in [5, 5.41) is 2.93. The molecule has 0 fully saturated rings. The number of ether oxygens (including phenoxy) is 2. The van der Waals surface area contributed by atoms with Crippen LogP contribution in [0.15, 0.2) is 53.4 Å². The van der Waals surface area contributed by atoms with E-state index in [2.05, 4.69) is 5.32 Å². The van der Waals surface area contributed by atoms with Crippen LogP contribution in [0.5, 0.6) is 11.5 Å². The lowest BCUT2D eigenvalue weighted by atomic mass is 10.0. The lowest BCUT2D eigenvalue weighted by molar-refractivity contribution is -0.117. The third kappa shape index (κ3) is 5.60. The molecular formula is C21H25NO5S. The summed E-state index contributed by atoms with van der Waals surface area (Å²) in [7, 11) is -0.125. The molecule has 0 saturated heterocycles. The van der Waals surface area contributed by atoms with E-state index in [9.17, 15) is 13.2 Å². The van der Waals surface area contributed by atoms with Crippen molar-refractivity contribution in [3.63, 3.8) is 0 Å². The van der Waals surface area contributed by atoms with E-state index in [0.29, 0.717) is 17.9 Å². The molecule has 0 bridgehead atoms. The van der Waals surface area contributed by atoms with Crippen LogP contribution in [-0.2, 0) is 14.6 Å². The van der Waals surface area contributed by atoms with Gasteiger partial charge >= 0.3 is 0 Å². The molecule has 6 nitrogen and oxygen atoms in total. The predicted molar refractivity (Wildman–Crippen MR) is 109 cm³/mol. The molecule has 1 atom stereocenters. The van der Waals surface area contributed by atoms with Gasteiger partial charge in [0.25, 0.3) is 0 Å². The summed E-state index contributed by atoms with van der Waals surface area (Å²) >= 11 is 0. The fourth-order valence-electron chi connectivity index (χ4n) is 2.72. The lowest BCUT2D eigenvalue weighted by Gasteiger charge is -2.16. The molecule has 0 spiro atoms. The maximum Gasteiger partial charge on any atom is 0.244 e. The van der Waals surface area contributed by atoms with E-state index in [4.69, 9.17) is 9.47 Å². The predicted octanol–water partition coefficient (Wildman–Crippen LogP) is 3.39. The van der Waals surface area contributed by atoms with E-state index in [0.717, 1.165) is 11.1 Å². The van der Waals surface area contributed by atoms with Crippen LogP contribution in [0.2, 0.25) is 0 Å². The largest absolute Gasteiger partial charge is 0.493 e. The first kappa shape index (κ1) is 21.5. The van der Waals surface area contributed by atoms with E-state index in [-0.39, 0.29) is 16.8 Å². The van der Waals surface area contributed by atoms with Crippen LogP contribution in [0.3, 0.4) is 0 Å². The molecule has 0 aliphatic carbocycles. The van der Waals surface area contributed by atoms with Crippen LogP contribution in [0.1, 0.15) is 30.5 Å². The molecule has 28 heavy (non-hydrogen) atoms. The highest BCUT2D eigenvalue weighted by Crippen LogP contribution is 2.28. The van der Waals surface area contributed by atoms with Crippen molar-refractivity contribution in [2.45, 2.75) is 24.3 Å². The second-order valence-electron chi connectivity index (χ2n) is 6.26. The monoisotopic (exact) mass is 403 g/mol. The number of benzene rings is 2. The van der Waals surface area contributed by atoms with Gasteiger partial charge in [0.2, 0.25) is 5.91 Å². The fourth-order valence-corrected chi connectivity index (χ4v) is 3.35. The molecule has 0 aliphatic rings. The standard InChI is InChI=1S/C21H25NO5S/c1-5-18(16-8-10-17(11-9-16)28(4,24)25)22-21(23)13-7-15-6-12-19(26-2)20(14-15)27-3/h6-14,18H,5H2,1-4H3,(H,22,23)/b13-7+/t18-/m0/s1. The van der Waals surface area contributed by atoms with Crippen molar-refractivity contribution in [2.24, 2.45) is 0 Å². The van der Waals surface area contributed by atoms with Crippen LogP contribution < -0.4 is 14.8 Å². The Morgan fingerprint density at radius 1 is 1.07 bits per heavy atom. The molecule has 0 radical (unpaired) electrons. The first-order valence-electron chi connectivity index (χ1n) is 8.79. The average Bonchev–Trinajstić information content (AvgIpc) is 2.69. The topological polar surface area (TPSA) is 81.7 Å². The van der Waals surface area contributed by atoms with E-state index in [1.807, 2.05) is 13.0 Å². The zero-order valence-corrected chi connectivity index (χ0v) is 17.2. The van der Waals surface area contributed by atoms with E-state index < -0.39 is 9.84 Å². The molecular weight excluding hydrogens is 378 g/mol. The van der Waals surface area contributed by atoms with Gasteiger partial charge in [-0.3, -0.25) is 4.79 Å². The molecule has 150 valence electrons. The molecule has 1 amide bonds. The third-order valence-corrected chi connectivity index (χ3v) is 5.40. The van der Waals surface area contributed by atoms with E-state index in [1.54, 1.807) is 56.7 Å². The minimum Gasteiger partial charge on any atom is -0.493 e. The van der Waals surface area contributed by atoms with Gasteiger partial charge in [-0.2, -0.15) is 0 Å². The lowest BCUT2D eigenvalue weighted by Crippen LogP contribution is -2.26. The normalized spacial score (nSPS) is 12.6. The van der Waals surface area contributed by atoms with E-state index in [1.165, 1.54) is 12.3 Å². The number of carbonyl (C=O) groups is 1. The molecule has 0 aromatic heterocycles. The van der Waals surface area contributed by atoms with Gasteiger partial charge in [-0.1, -0.05) is 25.1 Å². The number of rotatable bonds is 8. The summed E-state index contributed by atoms with van der Waals surface area (Å²) in [6.45, 7) is 1.95. The van der Waals surface area contributed by atoms with Gasteiger partial charge in [0.05, 0.1) is 25.2 Å². The highest BCUT2D eigenvalue weighted by atomic mass is 32.2. The quantitative estimate of drug-likeness (QED) is 0.683. The molecule has 0 aliphatic heterocycles. The number of carbonyl (C=O) groups excluding carboxylic acids is 1. The maximum atomic E-state index is 12.3. The Balaban J connectivity index is 2.09. The summed E-state index contributed by atoms with van der Waals surface area (Å²) in [5.74, 6) is 0.962. The summed E-state index contributed by atoms with van der Waals surface area (Å²) in [6, 6.07) is 11.7. The van der Waals surface area contributed by atoms with E-state index >= 15 is 0 Å². The Hall–Kier alpha value is -2.80. The minimum absolute atomic E-state index is 0.212. The number of hydrogen-bond donors (Lipinski definition) is 1. The van der Waals surface area contributed by atoms with Crippen LogP contribution in [-0.4, -0.2) is 34.8 Å². The van der Waals surface area contributed by atoms with Crippen molar-refractivity contribution >= 4 is 21.8 Å². The number of nitrogens with one attached hydrogen (secondary N) is 1. The highest BCUT2D eigenvalue weighted by molar-refractivity contribution is 7.90. The molecule has 2 aromatic carbocycles. The van der Waals surface area contributed by atoms with Gasteiger partial charge in [0, 0.05) is 12.3 Å². The Bertz CT molecular complexity index is 949. The van der Waals surface area contributed by atoms with Crippen LogP contribution in [0.25, 0.3) is 6.08 Å². The highest BCUT2D eigenvalue weighted by Gasteiger charge is 2.13. The fraction of sp³-hybridized carbons (Fsp3) is 0.286. The molecule has 0 unspecified atom stereocenters. The van der Waals surface area contributed by atoms with Gasteiger partial charge in [-0.15, -0.1) is 0 Å². The summed E-state index contributed by atoms with van der Waals surface area (Å²) < 4.78 is 33.6. The second kappa shape index (κ2) is 9.41. The Kier molecular flexibility index (Phi) is 7.23. The smallest absolute Gasteiger partial charge is 0.244 e. The van der Waals surface area contributed by atoms with Crippen molar-refractivity contribution in [1.29, 1.82) is 0 Å². The van der Waals surface area contributed by atoms with Gasteiger partial charge in [0.1, 0.15) is 0 Å². The molecule has 0 saturated carbocycles. The van der Waals surface area contributed by atoms with Gasteiger partial charge in [-0.05, 0) is 47.9 Å². The summed E-state index contributed by atoms with van der Waals surface area (Å²) in [6.07, 6.45) is 4.99. The SMILES string of the molecule is CC[C@H](NC(=O)/C=C/c1ccc(OC)c(OC)c1)c1ccc(S(C)(=O)=O)cc1. The molecule has 2 aromatic rings. The first-order valence-corrected chi connectivity index (χ1v) is 10.7. The Morgan fingerprint density at radius 3 is 2.25 bits per heavy atom. The van der Waals surface area contributed by atoms with Crippen LogP contribution in [0, 0.1) is 0 Å². The van der Waals surface area contributed by atoms with Crippen molar-refractivity contribution in [3.05, 3.63) is 59.7 Å². The van der Waals surface area contributed by atoms with Crippen LogP contribution >= 0.6 is 0 Å². The molecule has 0 heterocycles. The number of hydrogen-bond acceptors (Lipinski definition) is 5. The van der Waals surface area contributed by atoms with Gasteiger partial charge in [0.15, 0.2) is 21.3 Å². The average molecular weight is 404 g/mol. The summed E-state index contributed by atoms with van der Waals surface area (Å²) in [5.41, 5.74) is 1.65. The second-order valence-corrected chi connectivity index (χ2v) is 8.27. The third-order valence-electron chi connectivity index (χ3n) is 4.27. The summed E-state index contributed by atoms with van der Waals surface area (Å²) in [4.78, 5) is 12.6. The van der Waals surface area contributed by atoms with Crippen LogP contribution in [0.4, 0.5) is 0 Å². The van der Waals surface area contributed by atoms with Gasteiger partial charge < -0.3 is 14.8 Å². The van der Waals surface area contributed by atoms with Gasteiger partial charge in [-0.25, -0.2) is 8.42 Å². The zero-order chi connectivity index (χ0) is 20.7. The van der Waals surface area contributed by atoms with Crippen molar-refractivity contribution in [2.75, 3.05) is 20.5 Å². The minimum atomic E-state index is -3.24. The zero-order valence-electron chi connectivity index (χ0n) is 16.4. The molecule has 2 rings (SSSR count). The molecule has 1 N–H and O–H groups in total. The number of amides is 1. The van der Waals surface area contributed by atoms with Crippen molar-refractivity contribution in [1.82, 2.24) is 5.32 Å². The Morgan fingerprint density at radius 2 is 1.71 bits per heavy atom. The maximum absolute atomic E-state index is 12.3. The first-order chi connectivity index (χ1) is 13.3. The number of methoxy groups -OCH3 is 2. The van der Waals surface area contributed by atoms with Crippen molar-refractivity contribution in [3.8, 4) is 11.5 Å². The molecule has 7 heteroatoms. The Labute approximate surface area is 166 Å².